The van der Waals surface area contributed by atoms with Crippen LogP contribution in [-0.2, 0) is 11.2 Å². The first-order valence-electron chi connectivity index (χ1n) is 12.7. The van der Waals surface area contributed by atoms with Gasteiger partial charge in [-0.2, -0.15) is 0 Å². The van der Waals surface area contributed by atoms with Crippen molar-refractivity contribution in [3.8, 4) is 17.2 Å². The first-order valence-corrected chi connectivity index (χ1v) is 12.7. The highest BCUT2D eigenvalue weighted by Crippen LogP contribution is 2.38. The van der Waals surface area contributed by atoms with E-state index in [0.717, 1.165) is 51.3 Å². The molecule has 1 fully saturated rings. The molecule has 0 atom stereocenters. The lowest BCUT2D eigenvalue weighted by atomic mass is 9.96. The number of rotatable bonds is 12. The molecule has 3 aromatic carbocycles. The van der Waals surface area contributed by atoms with E-state index >= 15 is 0 Å². The van der Waals surface area contributed by atoms with E-state index in [1.54, 1.807) is 21.3 Å². The van der Waals surface area contributed by atoms with Crippen molar-refractivity contribution in [3.05, 3.63) is 89.5 Å². The summed E-state index contributed by atoms with van der Waals surface area (Å²) in [6.45, 7) is 6.51. The SMILES string of the molecule is COc1cc(CCOCCN2CCN(C(c3ccccc3)c3ccccc3)CC2)cc(OC)c1OC. The van der Waals surface area contributed by atoms with Crippen LogP contribution in [0.15, 0.2) is 72.8 Å². The van der Waals surface area contributed by atoms with Crippen molar-refractivity contribution in [2.24, 2.45) is 0 Å². The Kier molecular flexibility index (Phi) is 9.61. The van der Waals surface area contributed by atoms with Crippen molar-refractivity contribution < 1.29 is 18.9 Å². The molecule has 0 spiro atoms. The quantitative estimate of drug-likeness (QED) is 0.344. The summed E-state index contributed by atoms with van der Waals surface area (Å²) in [6, 6.07) is 26.0. The van der Waals surface area contributed by atoms with Gasteiger partial charge in [0.2, 0.25) is 5.75 Å². The molecule has 4 rings (SSSR count). The van der Waals surface area contributed by atoms with E-state index in [-0.39, 0.29) is 0 Å². The molecule has 0 unspecified atom stereocenters. The van der Waals surface area contributed by atoms with E-state index < -0.39 is 0 Å². The lowest BCUT2D eigenvalue weighted by Crippen LogP contribution is -2.48. The molecule has 192 valence electrons. The van der Waals surface area contributed by atoms with E-state index in [9.17, 15) is 0 Å². The maximum absolute atomic E-state index is 5.99. The number of piperazine rings is 1. The van der Waals surface area contributed by atoms with Crippen LogP contribution >= 0.6 is 0 Å². The van der Waals surface area contributed by atoms with Gasteiger partial charge in [0.25, 0.3) is 0 Å². The van der Waals surface area contributed by atoms with Crippen molar-refractivity contribution in [2.45, 2.75) is 12.5 Å². The van der Waals surface area contributed by atoms with Gasteiger partial charge in [0, 0.05) is 32.7 Å². The first-order chi connectivity index (χ1) is 17.7. The van der Waals surface area contributed by atoms with E-state index in [2.05, 4.69) is 70.5 Å². The number of nitrogens with zero attached hydrogens (tertiary/aromatic N) is 2. The van der Waals surface area contributed by atoms with Crippen LogP contribution < -0.4 is 14.2 Å². The Morgan fingerprint density at radius 3 is 1.75 bits per heavy atom. The van der Waals surface area contributed by atoms with Crippen molar-refractivity contribution >= 4 is 0 Å². The summed E-state index contributed by atoms with van der Waals surface area (Å²) in [5.41, 5.74) is 3.81. The molecule has 0 saturated carbocycles. The number of methoxy groups -OCH3 is 3. The van der Waals surface area contributed by atoms with Gasteiger partial charge in [-0.15, -0.1) is 0 Å². The number of benzene rings is 3. The van der Waals surface area contributed by atoms with Crippen LogP contribution in [0.1, 0.15) is 22.7 Å². The Labute approximate surface area is 215 Å². The predicted molar refractivity (Wildman–Crippen MR) is 143 cm³/mol. The van der Waals surface area contributed by atoms with Gasteiger partial charge >= 0.3 is 0 Å². The Hall–Kier alpha value is -3.06. The molecule has 6 heteroatoms. The number of hydrogen-bond donors (Lipinski definition) is 0. The van der Waals surface area contributed by atoms with Gasteiger partial charge in [0.1, 0.15) is 0 Å². The fourth-order valence-corrected chi connectivity index (χ4v) is 4.90. The van der Waals surface area contributed by atoms with Gasteiger partial charge in [-0.05, 0) is 35.2 Å². The van der Waals surface area contributed by atoms with Crippen molar-refractivity contribution in [3.63, 3.8) is 0 Å². The average molecular weight is 491 g/mol. The minimum absolute atomic E-state index is 0.296. The van der Waals surface area contributed by atoms with Crippen LogP contribution in [0.5, 0.6) is 17.2 Å². The Morgan fingerprint density at radius 1 is 0.694 bits per heavy atom. The third-order valence-electron chi connectivity index (χ3n) is 6.81. The van der Waals surface area contributed by atoms with E-state index in [0.29, 0.717) is 29.9 Å². The lowest BCUT2D eigenvalue weighted by molar-refractivity contribution is 0.0677. The second kappa shape index (κ2) is 13.3. The molecule has 1 heterocycles. The summed E-state index contributed by atoms with van der Waals surface area (Å²) in [4.78, 5) is 5.11. The van der Waals surface area contributed by atoms with Gasteiger partial charge in [0.05, 0.1) is 40.6 Å². The summed E-state index contributed by atoms with van der Waals surface area (Å²) in [6.07, 6.45) is 0.792. The average Bonchev–Trinajstić information content (AvgIpc) is 2.94. The zero-order chi connectivity index (χ0) is 25.2. The molecule has 0 N–H and O–H groups in total. The first kappa shape index (κ1) is 26.0. The Balaban J connectivity index is 1.24. The molecule has 0 bridgehead atoms. The topological polar surface area (TPSA) is 43.4 Å². The molecule has 1 aliphatic rings. The Bertz CT molecular complexity index is 989. The minimum atomic E-state index is 0.296. The second-order valence-corrected chi connectivity index (χ2v) is 9.00. The maximum atomic E-state index is 5.99. The van der Waals surface area contributed by atoms with Gasteiger partial charge in [-0.25, -0.2) is 0 Å². The highest BCUT2D eigenvalue weighted by molar-refractivity contribution is 5.53. The standard InChI is InChI=1S/C30H38N2O4/c1-33-27-22-24(23-28(34-2)30(27)35-3)14-20-36-21-19-31-15-17-32(18-16-31)29(25-10-6-4-7-11-25)26-12-8-5-9-13-26/h4-13,22-23,29H,14-21H2,1-3H3. The molecule has 0 radical (unpaired) electrons. The van der Waals surface area contributed by atoms with Crippen molar-refractivity contribution in [1.29, 1.82) is 0 Å². The lowest BCUT2D eigenvalue weighted by Gasteiger charge is -2.39. The summed E-state index contributed by atoms with van der Waals surface area (Å²) >= 11 is 0. The van der Waals surface area contributed by atoms with E-state index in [1.165, 1.54) is 11.1 Å². The summed E-state index contributed by atoms with van der Waals surface area (Å²) in [7, 11) is 4.89. The van der Waals surface area contributed by atoms with Gasteiger partial charge in [-0.3, -0.25) is 9.80 Å². The van der Waals surface area contributed by atoms with Crippen molar-refractivity contribution in [2.75, 3.05) is 67.3 Å². The van der Waals surface area contributed by atoms with Crippen LogP contribution in [0.2, 0.25) is 0 Å². The fourth-order valence-electron chi connectivity index (χ4n) is 4.90. The number of ether oxygens (including phenoxy) is 4. The normalized spacial score (nSPS) is 14.7. The van der Waals surface area contributed by atoms with Crippen LogP contribution in [0.25, 0.3) is 0 Å². The van der Waals surface area contributed by atoms with Crippen LogP contribution in [0, 0.1) is 0 Å². The van der Waals surface area contributed by atoms with Gasteiger partial charge in [0.15, 0.2) is 11.5 Å². The zero-order valence-electron chi connectivity index (χ0n) is 21.7. The van der Waals surface area contributed by atoms with E-state index in [1.807, 2.05) is 12.1 Å². The van der Waals surface area contributed by atoms with Crippen LogP contribution in [0.4, 0.5) is 0 Å². The fraction of sp³-hybridized carbons (Fsp3) is 0.400. The Morgan fingerprint density at radius 2 is 1.25 bits per heavy atom. The molecular formula is C30H38N2O4. The third-order valence-corrected chi connectivity index (χ3v) is 6.81. The molecule has 3 aromatic rings. The van der Waals surface area contributed by atoms with Crippen molar-refractivity contribution in [1.82, 2.24) is 9.80 Å². The molecule has 0 amide bonds. The summed E-state index contributed by atoms with van der Waals surface area (Å²) in [5, 5.41) is 0. The molecule has 0 aliphatic carbocycles. The highest BCUT2D eigenvalue weighted by atomic mass is 16.5. The van der Waals surface area contributed by atoms with Gasteiger partial charge < -0.3 is 18.9 Å². The molecule has 1 aliphatic heterocycles. The number of hydrogen-bond acceptors (Lipinski definition) is 6. The summed E-state index contributed by atoms with van der Waals surface area (Å²) in [5.74, 6) is 1.97. The largest absolute Gasteiger partial charge is 0.493 e. The highest BCUT2D eigenvalue weighted by Gasteiger charge is 2.26. The van der Waals surface area contributed by atoms with Gasteiger partial charge in [-0.1, -0.05) is 60.7 Å². The monoisotopic (exact) mass is 490 g/mol. The minimum Gasteiger partial charge on any atom is -0.493 e. The smallest absolute Gasteiger partial charge is 0.203 e. The van der Waals surface area contributed by atoms with Crippen LogP contribution in [-0.4, -0.2) is 77.1 Å². The molecule has 6 nitrogen and oxygen atoms in total. The maximum Gasteiger partial charge on any atom is 0.203 e. The third kappa shape index (κ3) is 6.58. The second-order valence-electron chi connectivity index (χ2n) is 9.00. The molecule has 1 saturated heterocycles. The predicted octanol–water partition coefficient (Wildman–Crippen LogP) is 4.68. The van der Waals surface area contributed by atoms with Crippen LogP contribution in [0.3, 0.4) is 0 Å². The zero-order valence-corrected chi connectivity index (χ0v) is 21.7. The van der Waals surface area contributed by atoms with E-state index in [4.69, 9.17) is 18.9 Å². The molecule has 36 heavy (non-hydrogen) atoms. The molecular weight excluding hydrogens is 452 g/mol. The summed E-state index contributed by atoms with van der Waals surface area (Å²) < 4.78 is 22.3. The molecule has 0 aromatic heterocycles.